The van der Waals surface area contributed by atoms with Crippen LogP contribution in [0.15, 0.2) is 79.1 Å². The second-order valence-electron chi connectivity index (χ2n) is 18.7. The Bertz CT molecular complexity index is 2510. The van der Waals surface area contributed by atoms with E-state index in [0.717, 1.165) is 85.1 Å². The Morgan fingerprint density at radius 1 is 0.889 bits per heavy atom. The summed E-state index contributed by atoms with van der Waals surface area (Å²) in [5.74, 6) is 0.315. The average Bonchev–Trinajstić information content (AvgIpc) is 3.99. The first kappa shape index (κ1) is 42.6. The Kier molecular flexibility index (Phi) is 12.0. The van der Waals surface area contributed by atoms with Crippen LogP contribution < -0.4 is 10.2 Å². The number of H-pyrrole nitrogens is 1. The van der Waals surface area contributed by atoms with Crippen LogP contribution in [0.1, 0.15) is 69.3 Å². The van der Waals surface area contributed by atoms with Crippen molar-refractivity contribution < 1.29 is 23.9 Å². The predicted octanol–water partition coefficient (Wildman–Crippen LogP) is 6.75. The number of benzene rings is 2. The Morgan fingerprint density at radius 2 is 1.68 bits per heavy atom. The quantitative estimate of drug-likeness (QED) is 0.0740. The van der Waals surface area contributed by atoms with Crippen molar-refractivity contribution in [1.29, 1.82) is 0 Å². The number of nitrogens with zero attached hydrogens (tertiary/aromatic N) is 7. The van der Waals surface area contributed by atoms with E-state index in [1.54, 1.807) is 17.3 Å². The van der Waals surface area contributed by atoms with Gasteiger partial charge >= 0.3 is 0 Å². The molecule has 2 atom stereocenters. The number of nitrogens with one attached hydrogen (secondary N) is 2. The lowest BCUT2D eigenvalue weighted by molar-refractivity contribution is -0.158. The van der Waals surface area contributed by atoms with Gasteiger partial charge in [0.25, 0.3) is 17.7 Å². The molecule has 63 heavy (non-hydrogen) atoms. The van der Waals surface area contributed by atoms with Gasteiger partial charge in [0.1, 0.15) is 24.4 Å². The lowest BCUT2D eigenvalue weighted by Crippen LogP contribution is -2.55. The molecular formula is C48H57N9O5Si. The fourth-order valence-corrected chi connectivity index (χ4v) is 10.1. The molecule has 15 heteroatoms. The minimum atomic E-state index is -1.32. The van der Waals surface area contributed by atoms with Crippen LogP contribution in [-0.2, 0) is 27.4 Å². The van der Waals surface area contributed by atoms with Gasteiger partial charge in [-0.1, -0.05) is 56.0 Å². The minimum Gasteiger partial charge on any atom is -0.361 e. The van der Waals surface area contributed by atoms with Gasteiger partial charge in [-0.15, -0.1) is 0 Å². The predicted molar refractivity (Wildman–Crippen MR) is 246 cm³/mol. The van der Waals surface area contributed by atoms with Gasteiger partial charge in [0.2, 0.25) is 5.91 Å². The van der Waals surface area contributed by atoms with Crippen LogP contribution in [0.3, 0.4) is 0 Å². The van der Waals surface area contributed by atoms with Crippen LogP contribution in [0.4, 0.5) is 11.6 Å². The monoisotopic (exact) mass is 867 g/mol. The van der Waals surface area contributed by atoms with E-state index in [-0.39, 0.29) is 36.8 Å². The normalized spacial score (nSPS) is 20.0. The maximum absolute atomic E-state index is 13.8. The molecule has 328 valence electrons. The molecule has 14 nitrogen and oxygen atoms in total. The summed E-state index contributed by atoms with van der Waals surface area (Å²) in [5, 5.41) is 3.97. The first-order chi connectivity index (χ1) is 30.4. The Labute approximate surface area is 369 Å². The zero-order valence-electron chi connectivity index (χ0n) is 36.7. The first-order valence-corrected chi connectivity index (χ1v) is 26.0. The Balaban J connectivity index is 0.766. The van der Waals surface area contributed by atoms with Gasteiger partial charge in [0.15, 0.2) is 0 Å². The molecule has 0 bridgehead atoms. The highest BCUT2D eigenvalue weighted by Gasteiger charge is 2.43. The number of imide groups is 1. The summed E-state index contributed by atoms with van der Waals surface area (Å²) in [4.78, 5) is 75.9. The number of piperazine rings is 1. The van der Waals surface area contributed by atoms with Gasteiger partial charge in [-0.05, 0) is 85.4 Å². The highest BCUT2D eigenvalue weighted by atomic mass is 28.3. The minimum absolute atomic E-state index is 0.0701. The molecule has 3 aromatic heterocycles. The maximum Gasteiger partial charge on any atom is 0.258 e. The van der Waals surface area contributed by atoms with Gasteiger partial charge in [-0.2, -0.15) is 0 Å². The summed E-state index contributed by atoms with van der Waals surface area (Å²) >= 11 is 0. The van der Waals surface area contributed by atoms with Gasteiger partial charge in [-0.3, -0.25) is 33.9 Å². The number of aromatic nitrogens is 3. The maximum atomic E-state index is 13.8. The second-order valence-corrected chi connectivity index (χ2v) is 24.3. The highest BCUT2D eigenvalue weighted by molar-refractivity contribution is 6.76. The summed E-state index contributed by atoms with van der Waals surface area (Å²) in [6.45, 7) is 12.8. The molecular weight excluding hydrogens is 811 g/mol. The van der Waals surface area contributed by atoms with Gasteiger partial charge in [0.05, 0.1) is 11.1 Å². The van der Waals surface area contributed by atoms with Gasteiger partial charge < -0.3 is 24.8 Å². The molecule has 7 heterocycles. The number of fused-ring (bicyclic) bond motifs is 2. The third-order valence-corrected chi connectivity index (χ3v) is 14.8. The first-order valence-electron chi connectivity index (χ1n) is 22.3. The topological polar surface area (TPSA) is 147 Å². The molecule has 4 aliphatic heterocycles. The third kappa shape index (κ3) is 9.19. The van der Waals surface area contributed by atoms with Gasteiger partial charge in [0, 0.05) is 102 Å². The molecule has 1 unspecified atom stereocenters. The Hall–Kier alpha value is -5.74. The number of likely N-dealkylation sites (tertiary alicyclic amines) is 2. The van der Waals surface area contributed by atoms with E-state index in [1.807, 2.05) is 36.4 Å². The number of hydrogen-bond acceptors (Lipinski definition) is 10. The number of rotatable bonds is 13. The fraction of sp³-hybridized carbons (Fsp3) is 0.417. The molecule has 0 saturated carbocycles. The van der Waals surface area contributed by atoms with Crippen LogP contribution in [0.2, 0.25) is 25.7 Å². The summed E-state index contributed by atoms with van der Waals surface area (Å²) < 4.78 is 5.78. The third-order valence-electron chi connectivity index (χ3n) is 13.1. The standard InChI is InChI=1S/C48H57N9O5Si/c1-53-18-6-9-41(53)40-25-35-28-49-43(26-39(35)51-40)52-46(59)34-14-16-44(50-27-34)55-21-19-54(20-22-55)29-32-10-12-33(13-11-32)36-7-5-8-37-38(36)30-56(47(37)60)42-15-17-45(58)57(48(42)61)31-62-23-24-63(2,3)4/h5,7-8,10-14,16,25-28,41-42,51H,6,9,15,17-24,29-31H2,1-4H3,(H,49,52,59)/t41-,42?/m1/s1. The largest absolute Gasteiger partial charge is 0.361 e. The number of piperidine rings is 1. The van der Waals surface area contributed by atoms with E-state index in [2.05, 4.69) is 92.0 Å². The van der Waals surface area contributed by atoms with E-state index in [4.69, 9.17) is 4.74 Å². The number of carbonyl (C=O) groups is 4. The highest BCUT2D eigenvalue weighted by Crippen LogP contribution is 2.36. The fourth-order valence-electron chi connectivity index (χ4n) is 9.34. The molecule has 4 aliphatic rings. The molecule has 0 spiro atoms. The van der Waals surface area contributed by atoms with Crippen LogP contribution in [0.25, 0.3) is 22.0 Å². The lowest BCUT2D eigenvalue weighted by atomic mass is 9.96. The van der Waals surface area contributed by atoms with Crippen LogP contribution >= 0.6 is 0 Å². The van der Waals surface area contributed by atoms with Crippen LogP contribution in [0.5, 0.6) is 0 Å². The summed E-state index contributed by atoms with van der Waals surface area (Å²) in [6.07, 6.45) is 6.27. The lowest BCUT2D eigenvalue weighted by Gasteiger charge is -2.35. The molecule has 3 saturated heterocycles. The smallest absolute Gasteiger partial charge is 0.258 e. The van der Waals surface area contributed by atoms with Crippen molar-refractivity contribution in [2.75, 3.05) is 63.3 Å². The molecule has 4 amide bonds. The number of hydrogen-bond donors (Lipinski definition) is 2. The van der Waals surface area contributed by atoms with E-state index in [9.17, 15) is 19.2 Å². The number of anilines is 2. The van der Waals surface area contributed by atoms with Crippen LogP contribution in [-0.4, -0.2) is 125 Å². The Morgan fingerprint density at radius 3 is 2.41 bits per heavy atom. The molecule has 9 rings (SSSR count). The second kappa shape index (κ2) is 17.8. The SMILES string of the molecule is CN1CCC[C@@H]1c1cc2cnc(NC(=O)c3ccc(N4CCN(Cc5ccc(-c6cccc7c6CN(C6CCC(=O)N(COCC[Si](C)(C)C)C6=O)C7=O)cc5)CC4)nc3)cc2[nH]1. The number of amides is 4. The average molecular weight is 868 g/mol. The molecule has 2 aromatic carbocycles. The number of ether oxygens (including phenoxy) is 1. The summed E-state index contributed by atoms with van der Waals surface area (Å²) in [5.41, 5.74) is 7.31. The van der Waals surface area contributed by atoms with Crippen molar-refractivity contribution in [3.05, 3.63) is 107 Å². The van der Waals surface area contributed by atoms with Crippen molar-refractivity contribution in [2.24, 2.45) is 0 Å². The van der Waals surface area contributed by atoms with E-state index >= 15 is 0 Å². The van der Waals surface area contributed by atoms with E-state index in [0.29, 0.717) is 42.6 Å². The van der Waals surface area contributed by atoms with Crippen LogP contribution in [0, 0.1) is 0 Å². The summed E-state index contributed by atoms with van der Waals surface area (Å²) in [7, 11) is 0.835. The van der Waals surface area contributed by atoms with Crippen molar-refractivity contribution in [3.63, 3.8) is 0 Å². The molecule has 5 aromatic rings. The molecule has 0 aliphatic carbocycles. The summed E-state index contributed by atoms with van der Waals surface area (Å²) in [6, 6.07) is 22.7. The molecule has 2 N–H and O–H groups in total. The van der Waals surface area contributed by atoms with E-state index in [1.165, 1.54) is 22.6 Å². The molecule has 0 radical (unpaired) electrons. The van der Waals surface area contributed by atoms with Crippen molar-refractivity contribution in [3.8, 4) is 11.1 Å². The van der Waals surface area contributed by atoms with Gasteiger partial charge in [-0.25, -0.2) is 9.97 Å². The van der Waals surface area contributed by atoms with Crippen molar-refractivity contribution >= 4 is 54.2 Å². The van der Waals surface area contributed by atoms with E-state index < -0.39 is 14.1 Å². The number of carbonyl (C=O) groups excluding carboxylic acids is 4. The van der Waals surface area contributed by atoms with Crippen molar-refractivity contribution in [2.45, 2.75) is 76.5 Å². The van der Waals surface area contributed by atoms with Crippen molar-refractivity contribution in [1.82, 2.24) is 34.6 Å². The zero-order valence-corrected chi connectivity index (χ0v) is 37.7. The zero-order chi connectivity index (χ0) is 43.8. The number of pyridine rings is 2. The number of aromatic amines is 1. The molecule has 3 fully saturated rings.